The van der Waals surface area contributed by atoms with Gasteiger partial charge in [0.15, 0.2) is 11.5 Å². The molecule has 0 fully saturated rings. The van der Waals surface area contributed by atoms with Gasteiger partial charge < -0.3 is 9.52 Å². The molecule has 114 valence electrons. The molecule has 0 saturated heterocycles. The maximum atomic E-state index is 12.0. The van der Waals surface area contributed by atoms with Crippen LogP contribution in [0.15, 0.2) is 22.6 Å². The smallest absolute Gasteiger partial charge is 0.304 e. The van der Waals surface area contributed by atoms with E-state index in [9.17, 15) is 13.2 Å². The molecule has 0 bridgehead atoms. The molecule has 0 unspecified atom stereocenters. The molecule has 1 heterocycles. The summed E-state index contributed by atoms with van der Waals surface area (Å²) in [7, 11) is -2.50. The van der Waals surface area contributed by atoms with Crippen LogP contribution in [0.1, 0.15) is 12.3 Å². The summed E-state index contributed by atoms with van der Waals surface area (Å²) >= 11 is 0. The second-order valence-electron chi connectivity index (χ2n) is 4.49. The fourth-order valence-electron chi connectivity index (χ4n) is 1.71. The fraction of sp³-hybridized carbons (Fsp3) is 0.333. The summed E-state index contributed by atoms with van der Waals surface area (Å²) in [6.45, 7) is 1.58. The Morgan fingerprint density at radius 2 is 2.19 bits per heavy atom. The second kappa shape index (κ2) is 5.70. The summed E-state index contributed by atoms with van der Waals surface area (Å²) in [4.78, 5) is 14.6. The highest BCUT2D eigenvalue weighted by Gasteiger charge is 2.18. The number of benzene rings is 1. The zero-order valence-electron chi connectivity index (χ0n) is 11.5. The number of carboxylic acids is 1. The van der Waals surface area contributed by atoms with E-state index in [1.807, 2.05) is 0 Å². The Bertz CT molecular complexity index is 768. The Hall–Kier alpha value is -2.13. The average Bonchev–Trinajstić information content (AvgIpc) is 2.74. The molecule has 9 heteroatoms. The normalized spacial score (nSPS) is 12.0. The Labute approximate surface area is 121 Å². The zero-order chi connectivity index (χ0) is 15.6. The van der Waals surface area contributed by atoms with Gasteiger partial charge in [0.1, 0.15) is 5.52 Å². The minimum Gasteiger partial charge on any atom is -0.481 e. The van der Waals surface area contributed by atoms with E-state index in [4.69, 9.17) is 9.52 Å². The van der Waals surface area contributed by atoms with Crippen LogP contribution in [0.25, 0.3) is 11.1 Å². The molecule has 0 radical (unpaired) electrons. The minimum atomic E-state index is -3.81. The predicted molar refractivity (Wildman–Crippen MR) is 76.2 cm³/mol. The number of hydrogen-bond acceptors (Lipinski definition) is 5. The van der Waals surface area contributed by atoms with Crippen molar-refractivity contribution in [3.8, 4) is 0 Å². The number of aromatic nitrogens is 1. The number of anilines is 1. The van der Waals surface area contributed by atoms with Gasteiger partial charge in [-0.05, 0) is 18.2 Å². The number of nitrogens with zero attached hydrogens (tertiary/aromatic N) is 2. The molecule has 1 aromatic heterocycles. The monoisotopic (exact) mass is 313 g/mol. The van der Waals surface area contributed by atoms with E-state index in [1.165, 1.54) is 7.05 Å². The average molecular weight is 313 g/mol. The SMILES string of the molecule is Cc1nc2cc(NS(=O)(=O)N(C)CCC(=O)O)ccc2o1. The van der Waals surface area contributed by atoms with E-state index in [1.54, 1.807) is 25.1 Å². The Kier molecular flexibility index (Phi) is 4.14. The second-order valence-corrected chi connectivity index (χ2v) is 6.27. The van der Waals surface area contributed by atoms with Gasteiger partial charge >= 0.3 is 16.2 Å². The summed E-state index contributed by atoms with van der Waals surface area (Å²) in [6.07, 6.45) is -0.265. The first-order valence-electron chi connectivity index (χ1n) is 6.11. The van der Waals surface area contributed by atoms with E-state index >= 15 is 0 Å². The van der Waals surface area contributed by atoms with Crippen molar-refractivity contribution in [1.82, 2.24) is 9.29 Å². The molecule has 2 rings (SSSR count). The third-order valence-electron chi connectivity index (χ3n) is 2.79. The molecule has 21 heavy (non-hydrogen) atoms. The van der Waals surface area contributed by atoms with Gasteiger partial charge in [-0.1, -0.05) is 0 Å². The summed E-state index contributed by atoms with van der Waals surface area (Å²) in [5.74, 6) is -0.569. The molecule has 0 aliphatic carbocycles. The summed E-state index contributed by atoms with van der Waals surface area (Å²) in [5, 5.41) is 8.58. The number of carbonyl (C=O) groups is 1. The summed E-state index contributed by atoms with van der Waals surface area (Å²) < 4.78 is 32.7. The van der Waals surface area contributed by atoms with Crippen molar-refractivity contribution < 1.29 is 22.7 Å². The molecule has 0 amide bonds. The number of aliphatic carboxylic acids is 1. The first-order chi connectivity index (χ1) is 9.78. The third-order valence-corrected chi connectivity index (χ3v) is 4.29. The zero-order valence-corrected chi connectivity index (χ0v) is 12.3. The highest BCUT2D eigenvalue weighted by atomic mass is 32.2. The highest BCUT2D eigenvalue weighted by molar-refractivity contribution is 7.90. The van der Waals surface area contributed by atoms with Crippen LogP contribution >= 0.6 is 0 Å². The van der Waals surface area contributed by atoms with Gasteiger partial charge in [-0.15, -0.1) is 0 Å². The van der Waals surface area contributed by atoms with Crippen molar-refractivity contribution in [2.75, 3.05) is 18.3 Å². The van der Waals surface area contributed by atoms with E-state index in [-0.39, 0.29) is 13.0 Å². The number of fused-ring (bicyclic) bond motifs is 1. The number of aryl methyl sites for hydroxylation is 1. The lowest BCUT2D eigenvalue weighted by molar-refractivity contribution is -0.137. The maximum Gasteiger partial charge on any atom is 0.304 e. The molecule has 0 aliphatic heterocycles. The van der Waals surface area contributed by atoms with Crippen LogP contribution in [-0.2, 0) is 15.0 Å². The van der Waals surface area contributed by atoms with Gasteiger partial charge in [-0.25, -0.2) is 4.98 Å². The number of oxazole rings is 1. The lowest BCUT2D eigenvalue weighted by Crippen LogP contribution is -2.34. The number of hydrogen-bond donors (Lipinski definition) is 2. The van der Waals surface area contributed by atoms with Crippen molar-refractivity contribution in [2.45, 2.75) is 13.3 Å². The topological polar surface area (TPSA) is 113 Å². The summed E-state index contributed by atoms with van der Waals surface area (Å²) in [5.41, 5.74) is 1.44. The van der Waals surface area contributed by atoms with Crippen LogP contribution in [0.4, 0.5) is 5.69 Å². The first kappa shape index (κ1) is 15.3. The fourth-order valence-corrected chi connectivity index (χ4v) is 2.62. The molecule has 1 aromatic carbocycles. The number of carboxylic acid groups (broad SMARTS) is 1. The van der Waals surface area contributed by atoms with Gasteiger partial charge in [0.2, 0.25) is 0 Å². The van der Waals surface area contributed by atoms with Gasteiger partial charge in [0, 0.05) is 20.5 Å². The van der Waals surface area contributed by atoms with Crippen LogP contribution < -0.4 is 4.72 Å². The van der Waals surface area contributed by atoms with E-state index in [0.29, 0.717) is 22.7 Å². The molecule has 0 aliphatic rings. The summed E-state index contributed by atoms with van der Waals surface area (Å²) in [6, 6.07) is 4.72. The Morgan fingerprint density at radius 3 is 2.86 bits per heavy atom. The van der Waals surface area contributed by atoms with Crippen molar-refractivity contribution >= 4 is 33.0 Å². The van der Waals surface area contributed by atoms with Crippen molar-refractivity contribution in [2.24, 2.45) is 0 Å². The molecule has 0 saturated carbocycles. The van der Waals surface area contributed by atoms with Crippen molar-refractivity contribution in [3.05, 3.63) is 24.1 Å². The largest absolute Gasteiger partial charge is 0.481 e. The minimum absolute atomic E-state index is 0.115. The van der Waals surface area contributed by atoms with E-state index in [0.717, 1.165) is 4.31 Å². The molecular formula is C12H15N3O5S. The molecule has 2 N–H and O–H groups in total. The Morgan fingerprint density at radius 1 is 1.48 bits per heavy atom. The van der Waals surface area contributed by atoms with Crippen LogP contribution in [-0.4, -0.2) is 42.4 Å². The van der Waals surface area contributed by atoms with Gasteiger partial charge in [0.05, 0.1) is 12.1 Å². The first-order valence-corrected chi connectivity index (χ1v) is 7.55. The molecule has 0 spiro atoms. The molecule has 8 nitrogen and oxygen atoms in total. The molecular weight excluding hydrogens is 298 g/mol. The Balaban J connectivity index is 2.15. The maximum absolute atomic E-state index is 12.0. The van der Waals surface area contributed by atoms with Crippen LogP contribution in [0.5, 0.6) is 0 Å². The van der Waals surface area contributed by atoms with Crippen LogP contribution in [0.2, 0.25) is 0 Å². The predicted octanol–water partition coefficient (Wildman–Crippen LogP) is 1.20. The molecule has 2 aromatic rings. The van der Waals surface area contributed by atoms with E-state index < -0.39 is 16.2 Å². The molecule has 0 atom stereocenters. The number of rotatable bonds is 6. The van der Waals surface area contributed by atoms with E-state index in [2.05, 4.69) is 9.71 Å². The standard InChI is InChI=1S/C12H15N3O5S/c1-8-13-10-7-9(3-4-11(10)20-8)14-21(18,19)15(2)6-5-12(16)17/h3-4,7,14H,5-6H2,1-2H3,(H,16,17). The van der Waals surface area contributed by atoms with Gasteiger partial charge in [-0.3, -0.25) is 9.52 Å². The van der Waals surface area contributed by atoms with Crippen molar-refractivity contribution in [1.29, 1.82) is 0 Å². The number of nitrogens with one attached hydrogen (secondary N) is 1. The van der Waals surface area contributed by atoms with Crippen LogP contribution in [0, 0.1) is 6.92 Å². The highest BCUT2D eigenvalue weighted by Crippen LogP contribution is 2.20. The van der Waals surface area contributed by atoms with Gasteiger partial charge in [-0.2, -0.15) is 12.7 Å². The third kappa shape index (κ3) is 3.70. The quantitative estimate of drug-likeness (QED) is 0.828. The lowest BCUT2D eigenvalue weighted by atomic mass is 10.3. The van der Waals surface area contributed by atoms with Gasteiger partial charge in [0.25, 0.3) is 0 Å². The van der Waals surface area contributed by atoms with Crippen LogP contribution in [0.3, 0.4) is 0 Å². The van der Waals surface area contributed by atoms with Crippen molar-refractivity contribution in [3.63, 3.8) is 0 Å². The lowest BCUT2D eigenvalue weighted by Gasteiger charge is -2.17.